The molecule has 3 rings (SSSR count). The summed E-state index contributed by atoms with van der Waals surface area (Å²) in [5.74, 6) is -1.62. The van der Waals surface area contributed by atoms with E-state index in [1.54, 1.807) is 0 Å². The van der Waals surface area contributed by atoms with Crippen LogP contribution in [0.4, 0.5) is 0 Å². The maximum atomic E-state index is 12.8. The third kappa shape index (κ3) is 6.10. The standard InChI is InChI=1S/C26H28N2O5/c1-17(28-25(30)23-24(29)22(32-3)14-15-27-23)26(31)33-18(2)21(20-12-8-5-9-13-20)16-19-10-6-4-7-11-19/h4-15,17-18,21,29H,16H2,1-3H3,(H,28,30)/t17?,18-,21-/m0/s1. The quantitative estimate of drug-likeness (QED) is 0.482. The van der Waals surface area contributed by atoms with E-state index in [9.17, 15) is 14.7 Å². The zero-order valence-electron chi connectivity index (χ0n) is 18.9. The van der Waals surface area contributed by atoms with E-state index >= 15 is 0 Å². The van der Waals surface area contributed by atoms with Gasteiger partial charge in [0.25, 0.3) is 5.91 Å². The number of methoxy groups -OCH3 is 1. The van der Waals surface area contributed by atoms with Crippen LogP contribution in [0.2, 0.25) is 0 Å². The second-order valence-electron chi connectivity index (χ2n) is 7.75. The van der Waals surface area contributed by atoms with Gasteiger partial charge in [0, 0.05) is 18.2 Å². The fourth-order valence-corrected chi connectivity index (χ4v) is 3.58. The molecule has 1 amide bonds. The lowest BCUT2D eigenvalue weighted by Crippen LogP contribution is -2.41. The Morgan fingerprint density at radius 3 is 2.27 bits per heavy atom. The van der Waals surface area contributed by atoms with Gasteiger partial charge in [-0.25, -0.2) is 9.78 Å². The van der Waals surface area contributed by atoms with Crippen LogP contribution in [-0.2, 0) is 16.0 Å². The number of aromatic hydroxyl groups is 1. The van der Waals surface area contributed by atoms with Gasteiger partial charge in [0.05, 0.1) is 7.11 Å². The average Bonchev–Trinajstić information content (AvgIpc) is 2.83. The molecule has 0 saturated heterocycles. The van der Waals surface area contributed by atoms with Gasteiger partial charge in [0.1, 0.15) is 12.1 Å². The molecule has 3 aromatic rings. The van der Waals surface area contributed by atoms with Crippen LogP contribution in [0, 0.1) is 0 Å². The van der Waals surface area contributed by atoms with E-state index in [4.69, 9.17) is 9.47 Å². The largest absolute Gasteiger partial charge is 0.503 e. The topological polar surface area (TPSA) is 97.8 Å². The first-order valence-electron chi connectivity index (χ1n) is 10.7. The lowest BCUT2D eigenvalue weighted by Gasteiger charge is -2.26. The number of nitrogens with zero attached hydrogens (tertiary/aromatic N) is 1. The number of hydrogen-bond acceptors (Lipinski definition) is 6. The monoisotopic (exact) mass is 448 g/mol. The second kappa shape index (κ2) is 11.1. The van der Waals surface area contributed by atoms with Crippen LogP contribution < -0.4 is 10.1 Å². The van der Waals surface area contributed by atoms with E-state index in [0.717, 1.165) is 11.1 Å². The number of carbonyl (C=O) groups is 2. The zero-order chi connectivity index (χ0) is 23.8. The maximum Gasteiger partial charge on any atom is 0.328 e. The van der Waals surface area contributed by atoms with Crippen molar-refractivity contribution in [2.75, 3.05) is 7.11 Å². The Kier molecular flexibility index (Phi) is 8.02. The Bertz CT molecular complexity index is 1070. The number of pyridine rings is 1. The summed E-state index contributed by atoms with van der Waals surface area (Å²) >= 11 is 0. The SMILES string of the molecule is COc1ccnc(C(=O)NC(C)C(=O)O[C@@H](C)[C@H](Cc2ccccc2)c2ccccc2)c1O. The fraction of sp³-hybridized carbons (Fsp3) is 0.269. The summed E-state index contributed by atoms with van der Waals surface area (Å²) in [7, 11) is 1.37. The molecule has 1 unspecified atom stereocenters. The Balaban J connectivity index is 1.69. The molecule has 0 aliphatic heterocycles. The number of ether oxygens (including phenoxy) is 2. The molecule has 0 saturated carbocycles. The summed E-state index contributed by atoms with van der Waals surface area (Å²) in [6, 6.07) is 20.4. The number of benzene rings is 2. The van der Waals surface area contributed by atoms with Crippen LogP contribution >= 0.6 is 0 Å². The van der Waals surface area contributed by atoms with Crippen molar-refractivity contribution in [1.29, 1.82) is 0 Å². The van der Waals surface area contributed by atoms with Crippen molar-refractivity contribution in [3.8, 4) is 11.5 Å². The van der Waals surface area contributed by atoms with Gasteiger partial charge in [0.15, 0.2) is 17.2 Å². The molecule has 3 atom stereocenters. The number of rotatable bonds is 9. The lowest BCUT2D eigenvalue weighted by atomic mass is 9.88. The first-order chi connectivity index (χ1) is 15.9. The van der Waals surface area contributed by atoms with Gasteiger partial charge in [-0.15, -0.1) is 0 Å². The zero-order valence-corrected chi connectivity index (χ0v) is 18.9. The van der Waals surface area contributed by atoms with Crippen molar-refractivity contribution in [3.63, 3.8) is 0 Å². The van der Waals surface area contributed by atoms with Crippen molar-refractivity contribution in [2.45, 2.75) is 38.3 Å². The van der Waals surface area contributed by atoms with E-state index in [1.807, 2.05) is 67.6 Å². The molecule has 0 aliphatic carbocycles. The van der Waals surface area contributed by atoms with Crippen LogP contribution in [0.15, 0.2) is 72.9 Å². The van der Waals surface area contributed by atoms with Crippen molar-refractivity contribution >= 4 is 11.9 Å². The molecule has 2 N–H and O–H groups in total. The Labute approximate surface area is 193 Å². The summed E-state index contributed by atoms with van der Waals surface area (Å²) in [5, 5.41) is 12.7. The second-order valence-corrected chi connectivity index (χ2v) is 7.75. The molecule has 1 heterocycles. The van der Waals surface area contributed by atoms with Crippen LogP contribution in [0.3, 0.4) is 0 Å². The lowest BCUT2D eigenvalue weighted by molar-refractivity contribution is -0.151. The summed E-state index contributed by atoms with van der Waals surface area (Å²) in [5.41, 5.74) is 1.97. The van der Waals surface area contributed by atoms with Crippen LogP contribution in [0.25, 0.3) is 0 Å². The van der Waals surface area contributed by atoms with Crippen molar-refractivity contribution in [2.24, 2.45) is 0 Å². The summed E-state index contributed by atoms with van der Waals surface area (Å²) in [4.78, 5) is 29.2. The first-order valence-corrected chi connectivity index (χ1v) is 10.7. The molecule has 172 valence electrons. The van der Waals surface area contributed by atoms with E-state index in [0.29, 0.717) is 6.42 Å². The van der Waals surface area contributed by atoms with E-state index in [-0.39, 0.29) is 17.4 Å². The van der Waals surface area contributed by atoms with Crippen LogP contribution in [0.1, 0.15) is 41.4 Å². The fourth-order valence-electron chi connectivity index (χ4n) is 3.58. The number of aromatic nitrogens is 1. The minimum atomic E-state index is -0.944. The minimum absolute atomic E-state index is 0.0652. The van der Waals surface area contributed by atoms with Crippen molar-refractivity contribution < 1.29 is 24.2 Å². The van der Waals surface area contributed by atoms with E-state index in [1.165, 1.54) is 26.3 Å². The van der Waals surface area contributed by atoms with Crippen molar-refractivity contribution in [1.82, 2.24) is 10.3 Å². The van der Waals surface area contributed by atoms with Gasteiger partial charge in [-0.05, 0) is 31.4 Å². The predicted octanol–water partition coefficient (Wildman–Crippen LogP) is 3.87. The smallest absolute Gasteiger partial charge is 0.328 e. The van der Waals surface area contributed by atoms with Crippen LogP contribution in [-0.4, -0.2) is 41.2 Å². The number of esters is 1. The van der Waals surface area contributed by atoms with Gasteiger partial charge in [-0.3, -0.25) is 4.79 Å². The third-order valence-corrected chi connectivity index (χ3v) is 5.42. The molecule has 0 aliphatic rings. The van der Waals surface area contributed by atoms with Crippen molar-refractivity contribution in [3.05, 3.63) is 89.7 Å². The molecule has 0 spiro atoms. The molecular weight excluding hydrogens is 420 g/mol. The van der Waals surface area contributed by atoms with Gasteiger partial charge < -0.3 is 19.9 Å². The molecule has 0 fully saturated rings. The van der Waals surface area contributed by atoms with Gasteiger partial charge in [-0.1, -0.05) is 60.7 Å². The number of amides is 1. The Hall–Kier alpha value is -3.87. The molecule has 1 aromatic heterocycles. The normalized spacial score (nSPS) is 13.4. The van der Waals surface area contributed by atoms with Gasteiger partial charge in [0.2, 0.25) is 0 Å². The van der Waals surface area contributed by atoms with Crippen LogP contribution in [0.5, 0.6) is 11.5 Å². The predicted molar refractivity (Wildman–Crippen MR) is 124 cm³/mol. The molecule has 0 bridgehead atoms. The summed E-state index contributed by atoms with van der Waals surface area (Å²) < 4.78 is 10.7. The maximum absolute atomic E-state index is 12.8. The third-order valence-electron chi connectivity index (χ3n) is 5.42. The number of nitrogens with one attached hydrogen (secondary N) is 1. The highest BCUT2D eigenvalue weighted by molar-refractivity contribution is 5.97. The number of carbonyl (C=O) groups excluding carboxylic acids is 2. The molecule has 7 heteroatoms. The Morgan fingerprint density at radius 1 is 1.00 bits per heavy atom. The highest BCUT2D eigenvalue weighted by atomic mass is 16.5. The first kappa shape index (κ1) is 23.8. The highest BCUT2D eigenvalue weighted by Crippen LogP contribution is 2.28. The summed E-state index contributed by atoms with van der Waals surface area (Å²) in [6.07, 6.45) is 1.59. The Morgan fingerprint density at radius 2 is 1.64 bits per heavy atom. The molecule has 7 nitrogen and oxygen atoms in total. The van der Waals surface area contributed by atoms with Gasteiger partial charge >= 0.3 is 5.97 Å². The van der Waals surface area contributed by atoms with Gasteiger partial charge in [-0.2, -0.15) is 0 Å². The molecular formula is C26H28N2O5. The van der Waals surface area contributed by atoms with E-state index < -0.39 is 29.8 Å². The minimum Gasteiger partial charge on any atom is -0.503 e. The highest BCUT2D eigenvalue weighted by Gasteiger charge is 2.27. The summed E-state index contributed by atoms with van der Waals surface area (Å²) in [6.45, 7) is 3.38. The van der Waals surface area contributed by atoms with E-state index in [2.05, 4.69) is 10.3 Å². The molecule has 0 radical (unpaired) electrons. The average molecular weight is 449 g/mol. The molecule has 33 heavy (non-hydrogen) atoms. The number of hydrogen-bond donors (Lipinski definition) is 2. The molecule has 2 aromatic carbocycles.